The fourth-order valence-electron chi connectivity index (χ4n) is 3.20. The minimum absolute atomic E-state index is 0.172. The summed E-state index contributed by atoms with van der Waals surface area (Å²) in [5.74, 6) is 1.19. The van der Waals surface area contributed by atoms with Crippen molar-refractivity contribution in [3.8, 4) is 22.6 Å². The van der Waals surface area contributed by atoms with Crippen molar-refractivity contribution < 1.29 is 14.3 Å². The number of methoxy groups -OCH3 is 2. The number of carbonyl (C=O) groups excluding carboxylic acids is 1. The van der Waals surface area contributed by atoms with Gasteiger partial charge >= 0.3 is 0 Å². The standard InChI is InChI=1S/C24H26N2O3/c1-16(20-5-4-6-21(14-20)28-2)26-15-17-7-12-23(29-3)22(13-17)18-8-10-19(11-9-18)24(25)27/h4-14,16,26H,15H2,1-3H3,(H2,25,27). The van der Waals surface area contributed by atoms with E-state index >= 15 is 0 Å². The van der Waals surface area contributed by atoms with Crippen LogP contribution in [-0.4, -0.2) is 20.1 Å². The molecule has 3 rings (SSSR count). The lowest BCUT2D eigenvalue weighted by molar-refractivity contribution is 0.100. The molecule has 0 bridgehead atoms. The summed E-state index contributed by atoms with van der Waals surface area (Å²) in [6.07, 6.45) is 0. The zero-order chi connectivity index (χ0) is 20.8. The highest BCUT2D eigenvalue weighted by atomic mass is 16.5. The van der Waals surface area contributed by atoms with Crippen LogP contribution in [0.25, 0.3) is 11.1 Å². The normalized spacial score (nSPS) is 11.7. The number of nitrogens with two attached hydrogens (primary N) is 1. The highest BCUT2D eigenvalue weighted by Crippen LogP contribution is 2.31. The van der Waals surface area contributed by atoms with E-state index in [2.05, 4.69) is 24.4 Å². The Morgan fingerprint density at radius 2 is 1.76 bits per heavy atom. The van der Waals surface area contributed by atoms with E-state index in [1.54, 1.807) is 26.4 Å². The molecule has 1 unspecified atom stereocenters. The van der Waals surface area contributed by atoms with Crippen molar-refractivity contribution in [2.75, 3.05) is 14.2 Å². The van der Waals surface area contributed by atoms with Crippen LogP contribution in [0.3, 0.4) is 0 Å². The van der Waals surface area contributed by atoms with E-state index in [0.29, 0.717) is 12.1 Å². The molecule has 5 nitrogen and oxygen atoms in total. The lowest BCUT2D eigenvalue weighted by atomic mass is 10.00. The number of hydrogen-bond donors (Lipinski definition) is 2. The fraction of sp³-hybridized carbons (Fsp3) is 0.208. The molecule has 0 fully saturated rings. The topological polar surface area (TPSA) is 73.6 Å². The van der Waals surface area contributed by atoms with Crippen LogP contribution >= 0.6 is 0 Å². The average molecular weight is 390 g/mol. The molecule has 0 aliphatic rings. The van der Waals surface area contributed by atoms with Crippen LogP contribution in [0.2, 0.25) is 0 Å². The van der Waals surface area contributed by atoms with Crippen LogP contribution in [0.5, 0.6) is 11.5 Å². The first-order chi connectivity index (χ1) is 14.0. The molecule has 0 heterocycles. The zero-order valence-electron chi connectivity index (χ0n) is 16.9. The lowest BCUT2D eigenvalue weighted by Crippen LogP contribution is -2.18. The molecule has 0 aromatic heterocycles. The van der Waals surface area contributed by atoms with Gasteiger partial charge in [0.05, 0.1) is 14.2 Å². The molecule has 0 radical (unpaired) electrons. The van der Waals surface area contributed by atoms with Gasteiger partial charge in [-0.25, -0.2) is 0 Å². The maximum absolute atomic E-state index is 11.3. The summed E-state index contributed by atoms with van der Waals surface area (Å²) in [6.45, 7) is 2.83. The number of carbonyl (C=O) groups is 1. The third-order valence-electron chi connectivity index (χ3n) is 4.95. The Morgan fingerprint density at radius 3 is 2.41 bits per heavy atom. The number of ether oxygens (including phenoxy) is 2. The van der Waals surface area contributed by atoms with E-state index in [0.717, 1.165) is 28.2 Å². The van der Waals surface area contributed by atoms with E-state index in [-0.39, 0.29) is 6.04 Å². The Kier molecular flexibility index (Phi) is 6.52. The Hall–Kier alpha value is -3.31. The van der Waals surface area contributed by atoms with E-state index in [1.165, 1.54) is 5.56 Å². The number of hydrogen-bond acceptors (Lipinski definition) is 4. The summed E-state index contributed by atoms with van der Waals surface area (Å²) >= 11 is 0. The summed E-state index contributed by atoms with van der Waals surface area (Å²) in [5, 5.41) is 3.55. The van der Waals surface area contributed by atoms with Crippen molar-refractivity contribution in [2.24, 2.45) is 5.73 Å². The molecule has 1 atom stereocenters. The molecule has 0 spiro atoms. The average Bonchev–Trinajstić information content (AvgIpc) is 2.77. The van der Waals surface area contributed by atoms with Gasteiger partial charge in [-0.15, -0.1) is 0 Å². The number of primary amides is 1. The van der Waals surface area contributed by atoms with Crippen LogP contribution in [0, 0.1) is 0 Å². The molecular formula is C24H26N2O3. The van der Waals surface area contributed by atoms with Crippen molar-refractivity contribution in [1.29, 1.82) is 0 Å². The maximum Gasteiger partial charge on any atom is 0.248 e. The summed E-state index contributed by atoms with van der Waals surface area (Å²) in [5.41, 5.74) is 10.1. The van der Waals surface area contributed by atoms with Crippen molar-refractivity contribution in [3.63, 3.8) is 0 Å². The van der Waals surface area contributed by atoms with Crippen molar-refractivity contribution >= 4 is 5.91 Å². The quantitative estimate of drug-likeness (QED) is 0.601. The second-order valence-corrected chi connectivity index (χ2v) is 6.86. The van der Waals surface area contributed by atoms with E-state index in [1.807, 2.05) is 42.5 Å². The van der Waals surface area contributed by atoms with Crippen LogP contribution < -0.4 is 20.5 Å². The van der Waals surface area contributed by atoms with Gasteiger partial charge < -0.3 is 20.5 Å². The Balaban J connectivity index is 1.78. The van der Waals surface area contributed by atoms with Crippen LogP contribution in [0.4, 0.5) is 0 Å². The Bertz CT molecular complexity index is 984. The molecule has 3 N–H and O–H groups in total. The first-order valence-electron chi connectivity index (χ1n) is 9.46. The van der Waals surface area contributed by atoms with Crippen LogP contribution in [0.15, 0.2) is 66.7 Å². The third kappa shape index (κ3) is 4.95. The predicted octanol–water partition coefficient (Wildman–Crippen LogP) is 4.32. The molecule has 0 saturated heterocycles. The van der Waals surface area contributed by atoms with Gasteiger partial charge in [0.15, 0.2) is 0 Å². The maximum atomic E-state index is 11.3. The Labute approximate surface area is 171 Å². The zero-order valence-corrected chi connectivity index (χ0v) is 16.9. The van der Waals surface area contributed by atoms with E-state index in [9.17, 15) is 4.79 Å². The van der Waals surface area contributed by atoms with Crippen molar-refractivity contribution in [2.45, 2.75) is 19.5 Å². The summed E-state index contributed by atoms with van der Waals surface area (Å²) in [6, 6.07) is 21.6. The van der Waals surface area contributed by atoms with Crippen LogP contribution in [-0.2, 0) is 6.54 Å². The van der Waals surface area contributed by atoms with Crippen molar-refractivity contribution in [3.05, 3.63) is 83.4 Å². The molecule has 1 amide bonds. The van der Waals surface area contributed by atoms with Gasteiger partial charge in [0.25, 0.3) is 0 Å². The second-order valence-electron chi connectivity index (χ2n) is 6.86. The lowest BCUT2D eigenvalue weighted by Gasteiger charge is -2.16. The highest BCUT2D eigenvalue weighted by Gasteiger charge is 2.10. The fourth-order valence-corrected chi connectivity index (χ4v) is 3.20. The minimum atomic E-state index is -0.437. The van der Waals surface area contributed by atoms with Crippen molar-refractivity contribution in [1.82, 2.24) is 5.32 Å². The molecule has 150 valence electrons. The van der Waals surface area contributed by atoms with Gasteiger partial charge in [-0.3, -0.25) is 4.79 Å². The predicted molar refractivity (Wildman–Crippen MR) is 115 cm³/mol. The van der Waals surface area contributed by atoms with Gasteiger partial charge in [0.1, 0.15) is 11.5 Å². The largest absolute Gasteiger partial charge is 0.497 e. The first kappa shape index (κ1) is 20.4. The third-order valence-corrected chi connectivity index (χ3v) is 4.95. The van der Waals surface area contributed by atoms with E-state index in [4.69, 9.17) is 15.2 Å². The molecule has 0 saturated carbocycles. The smallest absolute Gasteiger partial charge is 0.248 e. The first-order valence-corrected chi connectivity index (χ1v) is 9.46. The summed E-state index contributed by atoms with van der Waals surface area (Å²) in [4.78, 5) is 11.3. The molecule has 3 aromatic rings. The number of benzene rings is 3. The summed E-state index contributed by atoms with van der Waals surface area (Å²) in [7, 11) is 3.32. The molecule has 0 aliphatic carbocycles. The number of nitrogens with one attached hydrogen (secondary N) is 1. The minimum Gasteiger partial charge on any atom is -0.497 e. The molecule has 5 heteroatoms. The molecule has 0 aliphatic heterocycles. The summed E-state index contributed by atoms with van der Waals surface area (Å²) < 4.78 is 10.8. The van der Waals surface area contributed by atoms with Crippen LogP contribution in [0.1, 0.15) is 34.5 Å². The number of rotatable bonds is 8. The Morgan fingerprint density at radius 1 is 1.00 bits per heavy atom. The van der Waals surface area contributed by atoms with E-state index < -0.39 is 5.91 Å². The highest BCUT2D eigenvalue weighted by molar-refractivity contribution is 5.93. The molecule has 29 heavy (non-hydrogen) atoms. The van der Waals surface area contributed by atoms with Gasteiger partial charge in [0.2, 0.25) is 5.91 Å². The molecular weight excluding hydrogens is 364 g/mol. The monoisotopic (exact) mass is 390 g/mol. The van der Waals surface area contributed by atoms with Gasteiger partial charge in [-0.05, 0) is 60.0 Å². The molecule has 3 aromatic carbocycles. The second kappa shape index (κ2) is 9.26. The van der Waals surface area contributed by atoms with Gasteiger partial charge in [-0.2, -0.15) is 0 Å². The SMILES string of the molecule is COc1cccc(C(C)NCc2ccc(OC)c(-c3ccc(C(N)=O)cc3)c2)c1. The number of amides is 1. The van der Waals surface area contributed by atoms with Gasteiger partial charge in [-0.1, -0.05) is 30.3 Å². The van der Waals surface area contributed by atoms with Gasteiger partial charge in [0, 0.05) is 23.7 Å².